The SMILES string of the molecule is CCn1cc(-c2nc3c(N4CC5CC4CN5C4=NS(=O)(=O)c5ccccc5N4)ncnc3n2C)cn1. The molecule has 3 aliphatic rings. The number of hydrogen-bond donors (Lipinski definition) is 1. The molecule has 2 saturated heterocycles. The first-order chi connectivity index (χ1) is 17.4. The van der Waals surface area contributed by atoms with Gasteiger partial charge in [0.05, 0.1) is 29.5 Å². The van der Waals surface area contributed by atoms with Gasteiger partial charge in [0.2, 0.25) is 5.96 Å². The first kappa shape index (κ1) is 21.3. The Hall–Kier alpha value is -4.00. The third-order valence-electron chi connectivity index (χ3n) is 7.25. The summed E-state index contributed by atoms with van der Waals surface area (Å²) in [5.41, 5.74) is 3.01. The predicted octanol–water partition coefficient (Wildman–Crippen LogP) is 1.68. The standard InChI is InChI=1S/C23H24N10O2S/c1-3-31-10-14(9-26-31)20-28-19-21(30(20)2)24-13-25-22(19)32-11-16-8-15(32)12-33(16)23-27-17-6-4-5-7-18(17)36(34,35)29-23/h4-7,9-10,13,15-16H,3,8,11-12H2,1-2H3,(H,27,29). The zero-order valence-corrected chi connectivity index (χ0v) is 20.6. The summed E-state index contributed by atoms with van der Waals surface area (Å²) in [5, 5.41) is 7.61. The largest absolute Gasteiger partial charge is 0.348 e. The molecule has 0 saturated carbocycles. The molecular formula is C23H24N10O2S. The number of nitrogens with zero attached hydrogens (tertiary/aromatic N) is 9. The Bertz CT molecular complexity index is 1660. The van der Waals surface area contributed by atoms with E-state index in [1.807, 2.05) is 41.7 Å². The normalized spacial score (nSPS) is 22.1. The van der Waals surface area contributed by atoms with Crippen molar-refractivity contribution in [1.29, 1.82) is 0 Å². The van der Waals surface area contributed by atoms with Gasteiger partial charge >= 0.3 is 0 Å². The Kier molecular flexibility index (Phi) is 4.44. The molecule has 1 N–H and O–H groups in total. The van der Waals surface area contributed by atoms with E-state index < -0.39 is 10.0 Å². The highest BCUT2D eigenvalue weighted by atomic mass is 32.2. The number of imidazole rings is 1. The Labute approximate surface area is 207 Å². The molecule has 0 amide bonds. The molecule has 0 spiro atoms. The van der Waals surface area contributed by atoms with Crippen molar-refractivity contribution in [2.75, 3.05) is 23.3 Å². The molecule has 4 aromatic rings. The van der Waals surface area contributed by atoms with E-state index in [1.165, 1.54) is 0 Å². The number of sulfonamides is 1. The van der Waals surface area contributed by atoms with Crippen LogP contribution in [0.1, 0.15) is 13.3 Å². The molecule has 2 fully saturated rings. The molecule has 6 heterocycles. The topological polar surface area (TPSA) is 126 Å². The van der Waals surface area contributed by atoms with E-state index in [2.05, 4.69) is 34.6 Å². The number of rotatable bonds is 3. The van der Waals surface area contributed by atoms with Crippen LogP contribution in [-0.2, 0) is 23.6 Å². The van der Waals surface area contributed by atoms with Gasteiger partial charge in [-0.25, -0.2) is 15.0 Å². The number of nitrogens with one attached hydrogen (secondary N) is 1. The molecule has 1 aromatic carbocycles. The second-order valence-corrected chi connectivity index (χ2v) is 10.9. The lowest BCUT2D eigenvalue weighted by Gasteiger charge is -2.37. The molecule has 0 aliphatic carbocycles. The van der Waals surface area contributed by atoms with E-state index in [9.17, 15) is 8.42 Å². The van der Waals surface area contributed by atoms with E-state index in [0.717, 1.165) is 41.3 Å². The van der Waals surface area contributed by atoms with Gasteiger partial charge in [0, 0.05) is 32.9 Å². The van der Waals surface area contributed by atoms with Crippen LogP contribution in [0.3, 0.4) is 0 Å². The van der Waals surface area contributed by atoms with Gasteiger partial charge in [-0.1, -0.05) is 12.1 Å². The molecule has 0 radical (unpaired) electrons. The number of likely N-dealkylation sites (tertiary alicyclic amines) is 1. The fraction of sp³-hybridized carbons (Fsp3) is 0.348. The first-order valence-corrected chi connectivity index (χ1v) is 13.3. The average Bonchev–Trinajstić information content (AvgIpc) is 3.66. The van der Waals surface area contributed by atoms with Crippen molar-refractivity contribution >= 4 is 38.7 Å². The van der Waals surface area contributed by atoms with E-state index in [0.29, 0.717) is 24.7 Å². The highest BCUT2D eigenvalue weighted by molar-refractivity contribution is 7.90. The summed E-state index contributed by atoms with van der Waals surface area (Å²) in [7, 11) is -1.79. The van der Waals surface area contributed by atoms with E-state index in [-0.39, 0.29) is 17.0 Å². The number of guanidine groups is 1. The van der Waals surface area contributed by atoms with Gasteiger partial charge in [-0.05, 0) is 25.5 Å². The van der Waals surface area contributed by atoms with Gasteiger partial charge in [0.15, 0.2) is 17.0 Å². The minimum Gasteiger partial charge on any atom is -0.348 e. The Morgan fingerprint density at radius 1 is 1.11 bits per heavy atom. The lowest BCUT2D eigenvalue weighted by molar-refractivity contribution is 0.365. The number of aryl methyl sites for hydroxylation is 2. The van der Waals surface area contributed by atoms with Gasteiger partial charge in [0.1, 0.15) is 17.0 Å². The van der Waals surface area contributed by atoms with Gasteiger partial charge in [-0.3, -0.25) is 4.68 Å². The minimum absolute atomic E-state index is 0.109. The van der Waals surface area contributed by atoms with Gasteiger partial charge < -0.3 is 19.7 Å². The summed E-state index contributed by atoms with van der Waals surface area (Å²) in [6, 6.07) is 7.13. The number of aromatic nitrogens is 6. The second-order valence-electron chi connectivity index (χ2n) is 9.31. The summed E-state index contributed by atoms with van der Waals surface area (Å²) in [6.07, 6.45) is 6.27. The summed E-state index contributed by atoms with van der Waals surface area (Å²) < 4.78 is 33.4. The lowest BCUT2D eigenvalue weighted by Crippen LogP contribution is -2.51. The van der Waals surface area contributed by atoms with Crippen LogP contribution in [0.2, 0.25) is 0 Å². The second kappa shape index (κ2) is 7.50. The van der Waals surface area contributed by atoms with Crippen molar-refractivity contribution < 1.29 is 8.42 Å². The molecule has 3 aliphatic heterocycles. The minimum atomic E-state index is -3.74. The van der Waals surface area contributed by atoms with E-state index in [4.69, 9.17) is 4.98 Å². The fourth-order valence-corrected chi connectivity index (χ4v) is 6.64. The van der Waals surface area contributed by atoms with Crippen LogP contribution >= 0.6 is 0 Å². The van der Waals surface area contributed by atoms with Crippen LogP contribution in [0, 0.1) is 0 Å². The molecule has 2 unspecified atom stereocenters. The number of piperazine rings is 1. The average molecular weight is 505 g/mol. The summed E-state index contributed by atoms with van der Waals surface area (Å²) in [4.78, 5) is 18.6. The highest BCUT2D eigenvalue weighted by Crippen LogP contribution is 2.38. The predicted molar refractivity (Wildman–Crippen MR) is 134 cm³/mol. The Morgan fingerprint density at radius 2 is 1.92 bits per heavy atom. The van der Waals surface area contributed by atoms with Crippen molar-refractivity contribution in [2.24, 2.45) is 11.4 Å². The molecule has 2 bridgehead atoms. The van der Waals surface area contributed by atoms with Crippen molar-refractivity contribution in [3.63, 3.8) is 0 Å². The molecule has 7 rings (SSSR count). The zero-order valence-electron chi connectivity index (χ0n) is 19.8. The molecule has 2 atom stereocenters. The fourth-order valence-electron chi connectivity index (χ4n) is 5.52. The highest BCUT2D eigenvalue weighted by Gasteiger charge is 2.47. The molecule has 12 nitrogen and oxygen atoms in total. The number of fused-ring (bicyclic) bond motifs is 4. The van der Waals surface area contributed by atoms with Crippen LogP contribution in [0.15, 0.2) is 52.3 Å². The maximum absolute atomic E-state index is 12.8. The molecule has 3 aromatic heterocycles. The summed E-state index contributed by atoms with van der Waals surface area (Å²) in [5.74, 6) is 1.98. The molecule has 184 valence electrons. The first-order valence-electron chi connectivity index (χ1n) is 11.9. The van der Waals surface area contributed by atoms with Crippen LogP contribution in [0.4, 0.5) is 11.5 Å². The number of para-hydroxylation sites is 1. The number of benzene rings is 1. The van der Waals surface area contributed by atoms with Crippen LogP contribution in [-0.4, -0.2) is 73.7 Å². The van der Waals surface area contributed by atoms with Gasteiger partial charge in [0.25, 0.3) is 10.0 Å². The van der Waals surface area contributed by atoms with Crippen molar-refractivity contribution in [2.45, 2.75) is 36.9 Å². The molecule has 13 heteroatoms. The van der Waals surface area contributed by atoms with Crippen molar-refractivity contribution in [3.05, 3.63) is 43.0 Å². The van der Waals surface area contributed by atoms with Crippen LogP contribution in [0.5, 0.6) is 0 Å². The number of hydrogen-bond acceptors (Lipinski definition) is 9. The zero-order chi connectivity index (χ0) is 24.6. The van der Waals surface area contributed by atoms with E-state index in [1.54, 1.807) is 24.5 Å². The maximum atomic E-state index is 12.8. The lowest BCUT2D eigenvalue weighted by atomic mass is 10.2. The summed E-state index contributed by atoms with van der Waals surface area (Å²) >= 11 is 0. The van der Waals surface area contributed by atoms with Gasteiger partial charge in [-0.15, -0.1) is 4.40 Å². The molecular weight excluding hydrogens is 480 g/mol. The third kappa shape index (κ3) is 3.05. The van der Waals surface area contributed by atoms with Crippen molar-refractivity contribution in [1.82, 2.24) is 34.2 Å². The monoisotopic (exact) mass is 504 g/mol. The maximum Gasteiger partial charge on any atom is 0.287 e. The Morgan fingerprint density at radius 3 is 2.69 bits per heavy atom. The third-order valence-corrected chi connectivity index (χ3v) is 8.58. The van der Waals surface area contributed by atoms with Gasteiger partial charge in [-0.2, -0.15) is 13.5 Å². The summed E-state index contributed by atoms with van der Waals surface area (Å²) in [6.45, 7) is 4.17. The van der Waals surface area contributed by atoms with Crippen LogP contribution < -0.4 is 10.2 Å². The van der Waals surface area contributed by atoms with Crippen LogP contribution in [0.25, 0.3) is 22.6 Å². The molecule has 36 heavy (non-hydrogen) atoms. The van der Waals surface area contributed by atoms with Crippen molar-refractivity contribution in [3.8, 4) is 11.4 Å². The quantitative estimate of drug-likeness (QED) is 0.443. The number of anilines is 2. The van der Waals surface area contributed by atoms with E-state index >= 15 is 0 Å². The Balaban J connectivity index is 1.19. The smallest absolute Gasteiger partial charge is 0.287 e.